The van der Waals surface area contributed by atoms with Gasteiger partial charge in [-0.05, 0) is 92.0 Å². The quantitative estimate of drug-likeness (QED) is 0.111. The number of aromatic amines is 1. The summed E-state index contributed by atoms with van der Waals surface area (Å²) in [6, 6.07) is 12.9. The third-order valence-corrected chi connectivity index (χ3v) is 7.43. The number of nitrogens with zero attached hydrogens (tertiary/aromatic N) is 1. The van der Waals surface area contributed by atoms with Gasteiger partial charge in [-0.25, -0.2) is 4.98 Å². The third-order valence-electron chi connectivity index (χ3n) is 7.43. The van der Waals surface area contributed by atoms with E-state index < -0.39 is 18.3 Å². The fourth-order valence-electron chi connectivity index (χ4n) is 5.15. The van der Waals surface area contributed by atoms with E-state index in [1.807, 2.05) is 30.5 Å². The summed E-state index contributed by atoms with van der Waals surface area (Å²) in [4.78, 5) is 7.34. The number of aromatic hydroxyl groups is 1. The zero-order chi connectivity index (χ0) is 28.7. The van der Waals surface area contributed by atoms with Crippen LogP contribution in [0.5, 0.6) is 11.5 Å². The monoisotopic (exact) mass is 553 g/mol. The van der Waals surface area contributed by atoms with Crippen LogP contribution in [0.15, 0.2) is 54.9 Å². The lowest BCUT2D eigenvalue weighted by molar-refractivity contribution is 0.0696. The second kappa shape index (κ2) is 16.9. The van der Waals surface area contributed by atoms with Crippen LogP contribution in [0.3, 0.4) is 0 Å². The first kappa shape index (κ1) is 31.5. The second-order valence-corrected chi connectivity index (χ2v) is 10.9. The number of aromatic nitrogens is 2. The number of nitrogen functional groups attached to an aromatic ring is 1. The first-order valence-corrected chi connectivity index (χ1v) is 14.7. The Balaban J connectivity index is 1.57. The summed E-state index contributed by atoms with van der Waals surface area (Å²) in [6.45, 7) is 1.96. The Morgan fingerprint density at radius 3 is 2.50 bits per heavy atom. The molecule has 2 aromatic heterocycles. The van der Waals surface area contributed by atoms with E-state index in [0.717, 1.165) is 36.1 Å². The molecule has 0 aliphatic heterocycles. The van der Waals surface area contributed by atoms with Crippen molar-refractivity contribution in [1.29, 1.82) is 0 Å². The molecule has 0 saturated carbocycles. The Labute approximate surface area is 238 Å². The number of anilines is 1. The molecule has 0 radical (unpaired) electrons. The fraction of sp³-hybridized carbons (Fsp3) is 0.531. The number of unbranched alkanes of at least 4 members (excludes halogenated alkanes) is 4. The van der Waals surface area contributed by atoms with Crippen LogP contribution in [0.25, 0.3) is 0 Å². The second-order valence-electron chi connectivity index (χ2n) is 10.9. The van der Waals surface area contributed by atoms with Gasteiger partial charge in [0.05, 0.1) is 18.8 Å². The van der Waals surface area contributed by atoms with Gasteiger partial charge in [0.15, 0.2) is 11.5 Å². The number of pyridine rings is 1. The summed E-state index contributed by atoms with van der Waals surface area (Å²) in [5.74, 6) is 0.725. The van der Waals surface area contributed by atoms with Gasteiger partial charge in [-0.15, -0.1) is 0 Å². The Bertz CT molecular complexity index is 1110. The normalized spacial score (nSPS) is 14.5. The molecular weight excluding hydrogens is 506 g/mol. The molecule has 0 saturated heterocycles. The summed E-state index contributed by atoms with van der Waals surface area (Å²) >= 11 is 0. The first-order valence-electron chi connectivity index (χ1n) is 14.7. The fourth-order valence-corrected chi connectivity index (χ4v) is 5.15. The highest BCUT2D eigenvalue weighted by atomic mass is 16.5. The van der Waals surface area contributed by atoms with Crippen LogP contribution in [0.2, 0.25) is 0 Å². The average molecular weight is 554 g/mol. The molecule has 40 heavy (non-hydrogen) atoms. The van der Waals surface area contributed by atoms with Crippen LogP contribution in [0, 0.1) is 0 Å². The van der Waals surface area contributed by atoms with E-state index >= 15 is 0 Å². The van der Waals surface area contributed by atoms with Crippen molar-refractivity contribution in [3.8, 4) is 11.5 Å². The van der Waals surface area contributed by atoms with E-state index in [0.29, 0.717) is 43.7 Å². The van der Waals surface area contributed by atoms with E-state index in [9.17, 15) is 20.4 Å². The molecule has 0 amide bonds. The maximum Gasteiger partial charge on any atom is 0.161 e. The molecule has 220 valence electrons. The Hall–Kier alpha value is -3.07. The van der Waals surface area contributed by atoms with Crippen LogP contribution in [-0.4, -0.2) is 55.3 Å². The molecule has 4 atom stereocenters. The number of aliphatic hydroxyl groups is 3. The van der Waals surface area contributed by atoms with Crippen LogP contribution < -0.4 is 10.5 Å². The van der Waals surface area contributed by atoms with Gasteiger partial charge in [0.25, 0.3) is 0 Å². The molecule has 0 fully saturated rings. The summed E-state index contributed by atoms with van der Waals surface area (Å²) in [6.07, 6.45) is 11.0. The molecule has 0 spiro atoms. The van der Waals surface area contributed by atoms with Crippen molar-refractivity contribution in [2.45, 2.75) is 102 Å². The van der Waals surface area contributed by atoms with Crippen molar-refractivity contribution in [2.24, 2.45) is 0 Å². The number of H-pyrrole nitrogens is 1. The van der Waals surface area contributed by atoms with Gasteiger partial charge in [0, 0.05) is 18.1 Å². The minimum absolute atomic E-state index is 0.000329. The molecule has 3 aromatic rings. The predicted molar refractivity (Wildman–Crippen MR) is 158 cm³/mol. The summed E-state index contributed by atoms with van der Waals surface area (Å²) < 4.78 is 6.12. The van der Waals surface area contributed by atoms with Crippen LogP contribution >= 0.6 is 0 Å². The Morgan fingerprint density at radius 2 is 1.77 bits per heavy atom. The van der Waals surface area contributed by atoms with Gasteiger partial charge in [0.1, 0.15) is 11.9 Å². The van der Waals surface area contributed by atoms with Crippen molar-refractivity contribution in [2.75, 3.05) is 12.3 Å². The average Bonchev–Trinajstić information content (AvgIpc) is 3.45. The number of aliphatic hydroxyl groups excluding tert-OH is 3. The molecule has 4 unspecified atom stereocenters. The number of phenols is 1. The molecule has 7 N–H and O–H groups in total. The molecule has 1 aromatic carbocycles. The number of ether oxygens (including phenoxy) is 1. The summed E-state index contributed by atoms with van der Waals surface area (Å²) in [5.41, 5.74) is 8.90. The topological polar surface area (TPSA) is 145 Å². The lowest BCUT2D eigenvalue weighted by Crippen LogP contribution is -2.25. The van der Waals surface area contributed by atoms with Crippen LogP contribution in [0.1, 0.15) is 87.4 Å². The van der Waals surface area contributed by atoms with Gasteiger partial charge in [-0.2, -0.15) is 0 Å². The van der Waals surface area contributed by atoms with Gasteiger partial charge < -0.3 is 35.9 Å². The molecule has 3 rings (SSSR count). The van der Waals surface area contributed by atoms with Crippen molar-refractivity contribution in [3.63, 3.8) is 0 Å². The van der Waals surface area contributed by atoms with Gasteiger partial charge >= 0.3 is 0 Å². The number of aryl methyl sites for hydroxylation is 1. The molecule has 8 nitrogen and oxygen atoms in total. The van der Waals surface area contributed by atoms with Crippen molar-refractivity contribution < 1.29 is 25.2 Å². The lowest BCUT2D eigenvalue weighted by Gasteiger charge is -2.24. The lowest BCUT2D eigenvalue weighted by atomic mass is 9.89. The maximum atomic E-state index is 10.5. The number of hydrogen-bond acceptors (Lipinski definition) is 7. The van der Waals surface area contributed by atoms with E-state index in [-0.39, 0.29) is 18.3 Å². The largest absolute Gasteiger partial charge is 0.504 e. The van der Waals surface area contributed by atoms with E-state index in [1.54, 1.807) is 24.4 Å². The number of phenolic OH excluding ortho intramolecular Hbond substituents is 1. The zero-order valence-electron chi connectivity index (χ0n) is 23.7. The van der Waals surface area contributed by atoms with E-state index in [2.05, 4.69) is 16.9 Å². The SMILES string of the molecule is CCCCCCCC(O)CC(O)CCc1ccc(O)c(OC(CO)CC(Cc2ccc[nH]2)c2ccnc(N)c2)c1. The van der Waals surface area contributed by atoms with Gasteiger partial charge in [-0.1, -0.05) is 45.1 Å². The first-order chi connectivity index (χ1) is 19.4. The number of rotatable bonds is 19. The summed E-state index contributed by atoms with van der Waals surface area (Å²) in [5, 5.41) is 41.4. The molecule has 2 heterocycles. The standard InChI is InChI=1S/C32H47N3O5/c1-2-3-4-5-6-9-27(37)21-28(38)12-10-23-11-13-30(39)31(17-23)40-29(22-36)19-25(18-26-8-7-15-34-26)24-14-16-35-32(33)20-24/h7-8,11,13-17,20,25,27-29,34,36-39H,2-6,9-10,12,18-19,21-22H2,1H3,(H2,33,35). The molecule has 8 heteroatoms. The van der Waals surface area contributed by atoms with Crippen molar-refractivity contribution in [3.05, 3.63) is 71.7 Å². The number of nitrogens with one attached hydrogen (secondary N) is 1. The van der Waals surface area contributed by atoms with Gasteiger partial charge in [-0.3, -0.25) is 0 Å². The van der Waals surface area contributed by atoms with E-state index in [4.69, 9.17) is 10.5 Å². The Kier molecular flexibility index (Phi) is 13.3. The maximum absolute atomic E-state index is 10.5. The van der Waals surface area contributed by atoms with Crippen molar-refractivity contribution in [1.82, 2.24) is 9.97 Å². The number of benzene rings is 1. The van der Waals surface area contributed by atoms with Gasteiger partial charge in [0.2, 0.25) is 0 Å². The number of nitrogens with two attached hydrogens (primary N) is 1. The minimum Gasteiger partial charge on any atom is -0.504 e. The van der Waals surface area contributed by atoms with E-state index in [1.165, 1.54) is 19.3 Å². The third kappa shape index (κ3) is 10.8. The van der Waals surface area contributed by atoms with Crippen LogP contribution in [0.4, 0.5) is 5.82 Å². The highest BCUT2D eigenvalue weighted by molar-refractivity contribution is 5.42. The highest BCUT2D eigenvalue weighted by Gasteiger charge is 2.22. The molecule has 0 bridgehead atoms. The highest BCUT2D eigenvalue weighted by Crippen LogP contribution is 2.32. The van der Waals surface area contributed by atoms with Crippen LogP contribution in [-0.2, 0) is 12.8 Å². The smallest absolute Gasteiger partial charge is 0.161 e. The van der Waals surface area contributed by atoms with Crippen molar-refractivity contribution >= 4 is 5.82 Å². The predicted octanol–water partition coefficient (Wildman–Crippen LogP) is 5.26. The number of hydrogen-bond donors (Lipinski definition) is 6. The Morgan fingerprint density at radius 1 is 0.975 bits per heavy atom. The molecule has 0 aliphatic rings. The zero-order valence-corrected chi connectivity index (χ0v) is 23.7. The molecular formula is C32H47N3O5. The minimum atomic E-state index is -0.601. The summed E-state index contributed by atoms with van der Waals surface area (Å²) in [7, 11) is 0. The molecule has 0 aliphatic carbocycles.